The summed E-state index contributed by atoms with van der Waals surface area (Å²) in [4.78, 5) is 24.5. The summed E-state index contributed by atoms with van der Waals surface area (Å²) in [6.45, 7) is 2.41. The van der Waals surface area contributed by atoms with Crippen LogP contribution in [0.4, 0.5) is 5.69 Å². The number of benzene rings is 1. The lowest BCUT2D eigenvalue weighted by Crippen LogP contribution is -2.42. The van der Waals surface area contributed by atoms with Crippen molar-refractivity contribution in [3.05, 3.63) is 23.8 Å². The molecule has 5 heteroatoms. The molecule has 142 valence electrons. The maximum absolute atomic E-state index is 12.7. The van der Waals surface area contributed by atoms with Crippen molar-refractivity contribution in [3.8, 4) is 5.75 Å². The van der Waals surface area contributed by atoms with Gasteiger partial charge in [-0.2, -0.15) is 0 Å². The predicted octanol–water partition coefficient (Wildman–Crippen LogP) is 3.82. The highest BCUT2D eigenvalue weighted by molar-refractivity contribution is 5.91. The Morgan fingerprint density at radius 1 is 1.15 bits per heavy atom. The molecule has 1 fully saturated rings. The van der Waals surface area contributed by atoms with E-state index in [2.05, 4.69) is 10.6 Å². The van der Waals surface area contributed by atoms with Gasteiger partial charge in [-0.3, -0.25) is 9.59 Å². The zero-order chi connectivity index (χ0) is 18.4. The van der Waals surface area contributed by atoms with Crippen molar-refractivity contribution in [1.82, 2.24) is 5.32 Å². The van der Waals surface area contributed by atoms with Crippen molar-refractivity contribution < 1.29 is 14.3 Å². The van der Waals surface area contributed by atoms with Crippen LogP contribution in [-0.2, 0) is 16.0 Å². The van der Waals surface area contributed by atoms with Gasteiger partial charge >= 0.3 is 0 Å². The number of anilines is 1. The van der Waals surface area contributed by atoms with Gasteiger partial charge in [-0.15, -0.1) is 0 Å². The van der Waals surface area contributed by atoms with Gasteiger partial charge in [-0.25, -0.2) is 0 Å². The lowest BCUT2D eigenvalue weighted by atomic mass is 9.95. The SMILES string of the molecule is CCCC(=O)Nc1ccc2c(c1)C[C@@H](C(=O)NC1CCCCCC1)CO2. The highest BCUT2D eigenvalue weighted by Gasteiger charge is 2.28. The van der Waals surface area contributed by atoms with Gasteiger partial charge in [0, 0.05) is 18.2 Å². The maximum atomic E-state index is 12.7. The zero-order valence-corrected chi connectivity index (χ0v) is 15.7. The number of amides is 2. The third kappa shape index (κ3) is 4.99. The smallest absolute Gasteiger partial charge is 0.227 e. The van der Waals surface area contributed by atoms with Crippen molar-refractivity contribution in [2.24, 2.45) is 5.92 Å². The number of ether oxygens (including phenoxy) is 1. The second kappa shape index (κ2) is 9.06. The summed E-state index contributed by atoms with van der Waals surface area (Å²) in [5.41, 5.74) is 1.77. The lowest BCUT2D eigenvalue weighted by Gasteiger charge is -2.27. The Hall–Kier alpha value is -2.04. The number of nitrogens with one attached hydrogen (secondary N) is 2. The molecule has 1 aliphatic carbocycles. The Morgan fingerprint density at radius 2 is 1.92 bits per heavy atom. The molecule has 3 rings (SSSR count). The molecule has 2 aliphatic rings. The Bertz CT molecular complexity index is 636. The number of rotatable bonds is 5. The molecule has 1 saturated carbocycles. The van der Waals surface area contributed by atoms with Gasteiger partial charge in [-0.05, 0) is 49.4 Å². The van der Waals surface area contributed by atoms with Crippen LogP contribution in [-0.4, -0.2) is 24.5 Å². The minimum Gasteiger partial charge on any atom is -0.492 e. The molecule has 0 radical (unpaired) electrons. The van der Waals surface area contributed by atoms with E-state index >= 15 is 0 Å². The number of carbonyl (C=O) groups excluding carboxylic acids is 2. The molecule has 1 atom stereocenters. The maximum Gasteiger partial charge on any atom is 0.227 e. The van der Waals surface area contributed by atoms with E-state index < -0.39 is 0 Å². The minimum absolute atomic E-state index is 0.0202. The van der Waals surface area contributed by atoms with E-state index in [1.165, 1.54) is 25.7 Å². The normalized spacial score (nSPS) is 20.4. The largest absolute Gasteiger partial charge is 0.492 e. The highest BCUT2D eigenvalue weighted by Crippen LogP contribution is 2.30. The van der Waals surface area contributed by atoms with E-state index in [4.69, 9.17) is 4.74 Å². The summed E-state index contributed by atoms with van der Waals surface area (Å²) in [6.07, 6.45) is 9.13. The molecule has 2 amide bonds. The second-order valence-electron chi connectivity index (χ2n) is 7.53. The summed E-state index contributed by atoms with van der Waals surface area (Å²) in [6, 6.07) is 5.99. The molecule has 5 nitrogen and oxygen atoms in total. The van der Waals surface area contributed by atoms with Gasteiger partial charge in [0.2, 0.25) is 11.8 Å². The Labute approximate surface area is 155 Å². The number of hydrogen-bond acceptors (Lipinski definition) is 3. The molecule has 0 bridgehead atoms. The molecule has 1 aliphatic heterocycles. The molecule has 0 aromatic heterocycles. The van der Waals surface area contributed by atoms with Crippen LogP contribution in [0.2, 0.25) is 0 Å². The van der Waals surface area contributed by atoms with Crippen LogP contribution >= 0.6 is 0 Å². The molecule has 2 N–H and O–H groups in total. The Kier molecular flexibility index (Phi) is 6.53. The van der Waals surface area contributed by atoms with E-state index in [0.717, 1.165) is 36.3 Å². The molecule has 26 heavy (non-hydrogen) atoms. The minimum atomic E-state index is -0.160. The molecule has 1 aromatic carbocycles. The van der Waals surface area contributed by atoms with E-state index in [1.807, 2.05) is 25.1 Å². The standard InChI is InChI=1S/C21H30N2O3/c1-2-7-20(24)22-18-10-11-19-15(13-18)12-16(14-26-19)21(25)23-17-8-5-3-4-6-9-17/h10-11,13,16-17H,2-9,12,14H2,1H3,(H,22,24)(H,23,25)/t16-/m1/s1. The third-order valence-corrected chi connectivity index (χ3v) is 5.30. The van der Waals surface area contributed by atoms with Gasteiger partial charge in [-0.1, -0.05) is 32.6 Å². The first-order chi connectivity index (χ1) is 12.7. The van der Waals surface area contributed by atoms with Crippen LogP contribution < -0.4 is 15.4 Å². The van der Waals surface area contributed by atoms with Crippen molar-refractivity contribution >= 4 is 17.5 Å². The van der Waals surface area contributed by atoms with Crippen molar-refractivity contribution in [1.29, 1.82) is 0 Å². The quantitative estimate of drug-likeness (QED) is 0.787. The molecular formula is C21H30N2O3. The molecule has 0 unspecified atom stereocenters. The fourth-order valence-electron chi connectivity index (χ4n) is 3.83. The van der Waals surface area contributed by atoms with Crippen molar-refractivity contribution in [2.45, 2.75) is 70.8 Å². The van der Waals surface area contributed by atoms with Gasteiger partial charge in [0.15, 0.2) is 0 Å². The molecule has 0 saturated heterocycles. The van der Waals surface area contributed by atoms with Crippen molar-refractivity contribution in [3.63, 3.8) is 0 Å². The first-order valence-corrected chi connectivity index (χ1v) is 10.0. The summed E-state index contributed by atoms with van der Waals surface area (Å²) in [5.74, 6) is 0.777. The van der Waals surface area contributed by atoms with E-state index in [1.54, 1.807) is 0 Å². The molecule has 0 spiro atoms. The summed E-state index contributed by atoms with van der Waals surface area (Å²) >= 11 is 0. The summed E-state index contributed by atoms with van der Waals surface area (Å²) in [5, 5.41) is 6.15. The average Bonchev–Trinajstić information content (AvgIpc) is 2.90. The van der Waals surface area contributed by atoms with Gasteiger partial charge in [0.05, 0.1) is 5.92 Å². The van der Waals surface area contributed by atoms with E-state index in [0.29, 0.717) is 25.5 Å². The number of hydrogen-bond donors (Lipinski definition) is 2. The van der Waals surface area contributed by atoms with Crippen LogP contribution in [0.3, 0.4) is 0 Å². The first-order valence-electron chi connectivity index (χ1n) is 10.0. The molecule has 1 aromatic rings. The summed E-state index contributed by atoms with van der Waals surface area (Å²) in [7, 11) is 0. The molecular weight excluding hydrogens is 328 g/mol. The number of carbonyl (C=O) groups is 2. The van der Waals surface area contributed by atoms with Crippen LogP contribution in [0.1, 0.15) is 63.9 Å². The lowest BCUT2D eigenvalue weighted by molar-refractivity contribution is -0.127. The van der Waals surface area contributed by atoms with E-state index in [9.17, 15) is 9.59 Å². The van der Waals surface area contributed by atoms with E-state index in [-0.39, 0.29) is 17.7 Å². The topological polar surface area (TPSA) is 67.4 Å². The number of fused-ring (bicyclic) bond motifs is 1. The molecule has 1 heterocycles. The Balaban J connectivity index is 1.60. The average molecular weight is 358 g/mol. The predicted molar refractivity (Wildman–Crippen MR) is 102 cm³/mol. The summed E-state index contributed by atoms with van der Waals surface area (Å²) < 4.78 is 5.81. The highest BCUT2D eigenvalue weighted by atomic mass is 16.5. The third-order valence-electron chi connectivity index (χ3n) is 5.30. The van der Waals surface area contributed by atoms with Crippen LogP contribution in [0.25, 0.3) is 0 Å². The van der Waals surface area contributed by atoms with Gasteiger partial charge < -0.3 is 15.4 Å². The first kappa shape index (κ1) is 18.7. The van der Waals surface area contributed by atoms with Gasteiger partial charge in [0.25, 0.3) is 0 Å². The van der Waals surface area contributed by atoms with Crippen LogP contribution in [0.15, 0.2) is 18.2 Å². The Morgan fingerprint density at radius 3 is 2.65 bits per heavy atom. The van der Waals surface area contributed by atoms with Crippen LogP contribution in [0, 0.1) is 5.92 Å². The van der Waals surface area contributed by atoms with Crippen LogP contribution in [0.5, 0.6) is 5.75 Å². The van der Waals surface area contributed by atoms with Gasteiger partial charge in [0.1, 0.15) is 12.4 Å². The fourth-order valence-corrected chi connectivity index (χ4v) is 3.83. The van der Waals surface area contributed by atoms with Crippen molar-refractivity contribution in [2.75, 3.05) is 11.9 Å². The second-order valence-corrected chi connectivity index (χ2v) is 7.53. The zero-order valence-electron chi connectivity index (χ0n) is 15.7. The monoisotopic (exact) mass is 358 g/mol. The fraction of sp³-hybridized carbons (Fsp3) is 0.619.